The van der Waals surface area contributed by atoms with Gasteiger partial charge in [0.1, 0.15) is 5.76 Å². The van der Waals surface area contributed by atoms with Crippen molar-refractivity contribution in [2.24, 2.45) is 0 Å². The van der Waals surface area contributed by atoms with Crippen LogP contribution in [0.15, 0.2) is 72.3 Å². The number of carbonyl (C=O) groups is 2. The first kappa shape index (κ1) is 22.1. The number of aryl methyl sites for hydroxylation is 2. The summed E-state index contributed by atoms with van der Waals surface area (Å²) in [7, 11) is 0. The fourth-order valence-electron chi connectivity index (χ4n) is 3.99. The summed E-state index contributed by atoms with van der Waals surface area (Å²) in [4.78, 5) is 27.7. The Balaban J connectivity index is 1.95. The molecule has 1 atom stereocenters. The molecule has 1 fully saturated rings. The van der Waals surface area contributed by atoms with Crippen LogP contribution in [-0.4, -0.2) is 16.8 Å². The van der Waals surface area contributed by atoms with E-state index in [-0.39, 0.29) is 11.3 Å². The van der Waals surface area contributed by atoms with Crippen molar-refractivity contribution in [1.82, 2.24) is 0 Å². The maximum Gasteiger partial charge on any atom is 0.300 e. The number of nitrogens with zero attached hydrogens (tertiary/aromatic N) is 1. The Morgan fingerprint density at radius 1 is 0.969 bits per heavy atom. The summed E-state index contributed by atoms with van der Waals surface area (Å²) >= 11 is 12.4. The molecule has 0 spiro atoms. The highest BCUT2D eigenvalue weighted by molar-refractivity contribution is 6.52. The van der Waals surface area contributed by atoms with Crippen LogP contribution >= 0.6 is 23.2 Å². The Labute approximate surface area is 196 Å². The van der Waals surface area contributed by atoms with E-state index in [2.05, 4.69) is 0 Å². The van der Waals surface area contributed by atoms with Crippen LogP contribution in [0.4, 0.5) is 5.69 Å². The van der Waals surface area contributed by atoms with Gasteiger partial charge in [-0.05, 0) is 42.7 Å². The molecule has 4 nitrogen and oxygen atoms in total. The summed E-state index contributed by atoms with van der Waals surface area (Å²) in [5.74, 6) is -1.72. The molecule has 1 aliphatic heterocycles. The normalized spacial score (nSPS) is 17.8. The highest BCUT2D eigenvalue weighted by Gasteiger charge is 2.47. The second-order valence-electron chi connectivity index (χ2n) is 7.76. The van der Waals surface area contributed by atoms with Crippen molar-refractivity contribution in [2.75, 3.05) is 4.90 Å². The molecule has 0 aromatic heterocycles. The lowest BCUT2D eigenvalue weighted by atomic mass is 9.94. The van der Waals surface area contributed by atoms with Crippen LogP contribution in [0.1, 0.15) is 35.2 Å². The van der Waals surface area contributed by atoms with Gasteiger partial charge in [0.2, 0.25) is 0 Å². The van der Waals surface area contributed by atoms with Gasteiger partial charge in [0, 0.05) is 21.3 Å². The molecule has 0 aliphatic carbocycles. The fourth-order valence-corrected chi connectivity index (χ4v) is 4.50. The van der Waals surface area contributed by atoms with Gasteiger partial charge in [-0.15, -0.1) is 0 Å². The standard InChI is InChI=1S/C26H21Cl2NO3/c1-3-16-7-9-17(10-8-16)24(30)22-23(18-6-4-5-15(2)11-18)29(26(32)25(22)31)21-13-19(27)12-20(28)14-21/h4-14,23,30H,3H2,1-2H3/b24-22+. The highest BCUT2D eigenvalue weighted by Crippen LogP contribution is 2.43. The minimum Gasteiger partial charge on any atom is -0.507 e. The summed E-state index contributed by atoms with van der Waals surface area (Å²) in [6, 6.07) is 18.7. The predicted octanol–water partition coefficient (Wildman–Crippen LogP) is 6.49. The monoisotopic (exact) mass is 465 g/mol. The summed E-state index contributed by atoms with van der Waals surface area (Å²) in [5.41, 5.74) is 3.65. The van der Waals surface area contributed by atoms with Gasteiger partial charge in [0.25, 0.3) is 11.7 Å². The minimum absolute atomic E-state index is 0.0287. The lowest BCUT2D eigenvalue weighted by molar-refractivity contribution is -0.132. The van der Waals surface area contributed by atoms with E-state index in [9.17, 15) is 14.7 Å². The van der Waals surface area contributed by atoms with Crippen LogP contribution < -0.4 is 4.90 Å². The van der Waals surface area contributed by atoms with Crippen molar-refractivity contribution in [3.63, 3.8) is 0 Å². The molecular weight excluding hydrogens is 445 g/mol. The second kappa shape index (κ2) is 8.81. The zero-order chi connectivity index (χ0) is 23.0. The van der Waals surface area contributed by atoms with Crippen LogP contribution in [-0.2, 0) is 16.0 Å². The molecule has 32 heavy (non-hydrogen) atoms. The lowest BCUT2D eigenvalue weighted by Crippen LogP contribution is -2.29. The molecule has 1 aliphatic rings. The van der Waals surface area contributed by atoms with E-state index in [4.69, 9.17) is 23.2 Å². The number of aliphatic hydroxyl groups excluding tert-OH is 1. The van der Waals surface area contributed by atoms with Gasteiger partial charge in [-0.3, -0.25) is 14.5 Å². The predicted molar refractivity (Wildman–Crippen MR) is 128 cm³/mol. The van der Waals surface area contributed by atoms with Crippen molar-refractivity contribution < 1.29 is 14.7 Å². The molecule has 1 unspecified atom stereocenters. The van der Waals surface area contributed by atoms with Crippen LogP contribution in [0.5, 0.6) is 0 Å². The number of ketones is 1. The zero-order valence-electron chi connectivity index (χ0n) is 17.6. The second-order valence-corrected chi connectivity index (χ2v) is 8.63. The first-order valence-corrected chi connectivity index (χ1v) is 11.0. The molecule has 0 saturated carbocycles. The third-order valence-electron chi connectivity index (χ3n) is 5.56. The van der Waals surface area contributed by atoms with Crippen molar-refractivity contribution in [3.8, 4) is 0 Å². The number of Topliss-reactive ketones (excluding diaryl/α,β-unsaturated/α-hetero) is 1. The lowest BCUT2D eigenvalue weighted by Gasteiger charge is -2.26. The summed E-state index contributed by atoms with van der Waals surface area (Å²) in [6.07, 6.45) is 0.851. The largest absolute Gasteiger partial charge is 0.507 e. The molecule has 3 aromatic rings. The quantitative estimate of drug-likeness (QED) is 0.272. The minimum atomic E-state index is -0.824. The average molecular weight is 466 g/mol. The number of amides is 1. The van der Waals surface area contributed by atoms with Crippen LogP contribution in [0.3, 0.4) is 0 Å². The van der Waals surface area contributed by atoms with E-state index in [1.165, 1.54) is 4.90 Å². The van der Waals surface area contributed by atoms with Gasteiger partial charge in [0.15, 0.2) is 0 Å². The summed E-state index contributed by atoms with van der Waals surface area (Å²) < 4.78 is 0. The first-order chi connectivity index (χ1) is 15.3. The van der Waals surface area contributed by atoms with Crippen molar-refractivity contribution >= 4 is 46.3 Å². The molecule has 1 heterocycles. The first-order valence-electron chi connectivity index (χ1n) is 10.2. The maximum absolute atomic E-state index is 13.2. The average Bonchev–Trinajstić information content (AvgIpc) is 3.03. The number of halogens is 2. The van der Waals surface area contributed by atoms with E-state index >= 15 is 0 Å². The Morgan fingerprint density at radius 2 is 1.62 bits per heavy atom. The molecule has 1 saturated heterocycles. The Hall–Kier alpha value is -3.08. The number of benzene rings is 3. The topological polar surface area (TPSA) is 57.6 Å². The van der Waals surface area contributed by atoms with Crippen LogP contribution in [0.2, 0.25) is 10.0 Å². The Kier molecular flexibility index (Phi) is 6.09. The van der Waals surface area contributed by atoms with E-state index in [0.717, 1.165) is 17.5 Å². The van der Waals surface area contributed by atoms with Gasteiger partial charge < -0.3 is 5.11 Å². The molecular formula is C26H21Cl2NO3. The number of hydrogen-bond acceptors (Lipinski definition) is 3. The van der Waals surface area contributed by atoms with E-state index in [1.807, 2.05) is 50.2 Å². The van der Waals surface area contributed by atoms with E-state index < -0.39 is 17.7 Å². The van der Waals surface area contributed by atoms with Crippen molar-refractivity contribution in [1.29, 1.82) is 0 Å². The highest BCUT2D eigenvalue weighted by atomic mass is 35.5. The van der Waals surface area contributed by atoms with Gasteiger partial charge in [-0.2, -0.15) is 0 Å². The molecule has 1 amide bonds. The van der Waals surface area contributed by atoms with Crippen LogP contribution in [0.25, 0.3) is 5.76 Å². The molecule has 0 bridgehead atoms. The third-order valence-corrected chi connectivity index (χ3v) is 6.00. The summed E-state index contributed by atoms with van der Waals surface area (Å²) in [6.45, 7) is 3.96. The van der Waals surface area contributed by atoms with Gasteiger partial charge in [-0.25, -0.2) is 0 Å². The van der Waals surface area contributed by atoms with Gasteiger partial charge in [0.05, 0.1) is 11.6 Å². The molecule has 1 N–H and O–H groups in total. The Bertz CT molecular complexity index is 1230. The molecule has 4 rings (SSSR count). The number of aliphatic hydroxyl groups is 1. The third kappa shape index (κ3) is 4.04. The van der Waals surface area contributed by atoms with E-state index in [1.54, 1.807) is 30.3 Å². The fraction of sp³-hybridized carbons (Fsp3) is 0.154. The summed E-state index contributed by atoms with van der Waals surface area (Å²) in [5, 5.41) is 11.9. The Morgan fingerprint density at radius 3 is 2.22 bits per heavy atom. The van der Waals surface area contributed by atoms with E-state index in [0.29, 0.717) is 26.9 Å². The number of hydrogen-bond donors (Lipinski definition) is 1. The molecule has 162 valence electrons. The maximum atomic E-state index is 13.2. The van der Waals surface area contributed by atoms with Crippen molar-refractivity contribution in [3.05, 3.63) is 105 Å². The molecule has 0 radical (unpaired) electrons. The van der Waals surface area contributed by atoms with Crippen molar-refractivity contribution in [2.45, 2.75) is 26.3 Å². The van der Waals surface area contributed by atoms with Gasteiger partial charge in [-0.1, -0.05) is 84.2 Å². The molecule has 6 heteroatoms. The van der Waals surface area contributed by atoms with Crippen LogP contribution in [0, 0.1) is 6.92 Å². The number of carbonyl (C=O) groups excluding carboxylic acids is 2. The molecule has 3 aromatic carbocycles. The van der Waals surface area contributed by atoms with Gasteiger partial charge >= 0.3 is 0 Å². The SMILES string of the molecule is CCc1ccc(/C(O)=C2\C(=O)C(=O)N(c3cc(Cl)cc(Cl)c3)C2c2cccc(C)c2)cc1. The zero-order valence-corrected chi connectivity index (χ0v) is 19.1. The number of rotatable bonds is 4. The number of anilines is 1. The smallest absolute Gasteiger partial charge is 0.300 e.